The van der Waals surface area contributed by atoms with Crippen LogP contribution >= 0.6 is 35.3 Å². The third-order valence-electron chi connectivity index (χ3n) is 5.82. The van der Waals surface area contributed by atoms with E-state index in [0.29, 0.717) is 5.41 Å². The molecule has 5 nitrogen and oxygen atoms in total. The number of hydrogen-bond donors (Lipinski definition) is 1. The lowest BCUT2D eigenvalue weighted by Crippen LogP contribution is -2.42. The first-order valence-electron chi connectivity index (χ1n) is 9.67. The van der Waals surface area contributed by atoms with Gasteiger partial charge in [0.1, 0.15) is 0 Å². The third kappa shape index (κ3) is 4.54. The predicted octanol–water partition coefficient (Wildman–Crippen LogP) is 2.80. The molecule has 0 aromatic carbocycles. The number of nitrogens with one attached hydrogen (secondary N) is 1. The Morgan fingerprint density at radius 1 is 1.38 bits per heavy atom. The van der Waals surface area contributed by atoms with Crippen molar-refractivity contribution in [2.45, 2.75) is 32.7 Å². The maximum Gasteiger partial charge on any atom is 0.193 e. The van der Waals surface area contributed by atoms with Crippen molar-refractivity contribution in [3.8, 4) is 0 Å². The molecule has 146 valence electrons. The van der Waals surface area contributed by atoms with Gasteiger partial charge >= 0.3 is 0 Å². The van der Waals surface area contributed by atoms with Crippen LogP contribution < -0.4 is 5.32 Å². The Bertz CT molecular complexity index is 614. The van der Waals surface area contributed by atoms with Gasteiger partial charge in [-0.25, -0.2) is 0 Å². The van der Waals surface area contributed by atoms with Crippen LogP contribution in [0.15, 0.2) is 16.4 Å². The highest BCUT2D eigenvalue weighted by atomic mass is 127. The highest BCUT2D eigenvalue weighted by Crippen LogP contribution is 2.38. The van der Waals surface area contributed by atoms with Crippen LogP contribution in [0, 0.1) is 5.41 Å². The molecule has 1 N–H and O–H groups in total. The molecule has 1 aromatic rings. The van der Waals surface area contributed by atoms with Gasteiger partial charge < -0.3 is 15.0 Å². The van der Waals surface area contributed by atoms with Crippen molar-refractivity contribution in [3.05, 3.63) is 21.9 Å². The van der Waals surface area contributed by atoms with Gasteiger partial charge in [0.2, 0.25) is 0 Å². The van der Waals surface area contributed by atoms with Gasteiger partial charge in [-0.2, -0.15) is 0 Å². The minimum atomic E-state index is 0. The number of likely N-dealkylation sites (tertiary alicyclic amines) is 1. The van der Waals surface area contributed by atoms with Gasteiger partial charge in [0.25, 0.3) is 0 Å². The van der Waals surface area contributed by atoms with Gasteiger partial charge in [-0.3, -0.25) is 9.89 Å². The van der Waals surface area contributed by atoms with Crippen LogP contribution in [0.4, 0.5) is 0 Å². The summed E-state index contributed by atoms with van der Waals surface area (Å²) >= 11 is 1.91. The van der Waals surface area contributed by atoms with E-state index in [1.807, 2.05) is 11.3 Å². The number of aliphatic imine (C=N–C) groups is 1. The summed E-state index contributed by atoms with van der Waals surface area (Å²) in [5, 5.41) is 5.73. The Morgan fingerprint density at radius 2 is 2.31 bits per heavy atom. The average molecular weight is 490 g/mol. The molecule has 1 unspecified atom stereocenters. The van der Waals surface area contributed by atoms with E-state index < -0.39 is 0 Å². The van der Waals surface area contributed by atoms with Crippen LogP contribution in [-0.2, 0) is 17.7 Å². The molecule has 4 heterocycles. The Labute approximate surface area is 178 Å². The Kier molecular flexibility index (Phi) is 7.21. The van der Waals surface area contributed by atoms with Crippen molar-refractivity contribution in [1.29, 1.82) is 0 Å². The van der Waals surface area contributed by atoms with Gasteiger partial charge in [-0.15, -0.1) is 35.3 Å². The molecule has 0 saturated carbocycles. The molecular weight excluding hydrogens is 459 g/mol. The third-order valence-corrected chi connectivity index (χ3v) is 6.85. The van der Waals surface area contributed by atoms with Gasteiger partial charge in [0.15, 0.2) is 5.96 Å². The van der Waals surface area contributed by atoms with E-state index in [1.165, 1.54) is 31.4 Å². The molecule has 0 aliphatic carbocycles. The molecule has 0 bridgehead atoms. The van der Waals surface area contributed by atoms with Crippen molar-refractivity contribution in [2.24, 2.45) is 10.4 Å². The molecule has 2 saturated heterocycles. The van der Waals surface area contributed by atoms with E-state index in [-0.39, 0.29) is 24.0 Å². The fraction of sp³-hybridized carbons (Fsp3) is 0.737. The molecule has 3 aliphatic rings. The number of nitrogens with zero attached hydrogens (tertiary/aromatic N) is 3. The molecule has 1 aromatic heterocycles. The van der Waals surface area contributed by atoms with E-state index >= 15 is 0 Å². The standard InChI is InChI=1S/C19H30N4OS.HI/c1-2-20-18(23-9-5-19(14-23)6-11-24-15-19)21-7-10-22-8-3-17-16(13-22)4-12-25-17;/h4,12H,2-3,5-11,13-15H2,1H3,(H,20,21);1H. The van der Waals surface area contributed by atoms with Crippen LogP contribution in [0.3, 0.4) is 0 Å². The molecule has 0 radical (unpaired) electrons. The van der Waals surface area contributed by atoms with Crippen LogP contribution in [0.25, 0.3) is 0 Å². The SMILES string of the molecule is CCNC(=NCCN1CCc2sccc2C1)N1CCC2(CCOC2)C1.I. The first kappa shape index (κ1) is 20.4. The Hall–Kier alpha value is -0.380. The molecule has 1 spiro atoms. The molecule has 4 rings (SSSR count). The summed E-state index contributed by atoms with van der Waals surface area (Å²) in [5.74, 6) is 1.10. The summed E-state index contributed by atoms with van der Waals surface area (Å²) in [6, 6.07) is 2.28. The van der Waals surface area contributed by atoms with Crippen LogP contribution in [0.2, 0.25) is 0 Å². The molecular formula is C19H31IN4OS. The molecule has 2 fully saturated rings. The number of halogens is 1. The smallest absolute Gasteiger partial charge is 0.193 e. The Morgan fingerprint density at radius 3 is 3.12 bits per heavy atom. The summed E-state index contributed by atoms with van der Waals surface area (Å²) in [6.07, 6.45) is 3.65. The molecule has 3 aliphatic heterocycles. The Balaban J connectivity index is 0.00000196. The normalized spacial score (nSPS) is 26.2. The molecule has 26 heavy (non-hydrogen) atoms. The van der Waals surface area contributed by atoms with Crippen LogP contribution in [-0.4, -0.2) is 68.2 Å². The second-order valence-corrected chi connectivity index (χ2v) is 8.61. The predicted molar refractivity (Wildman–Crippen MR) is 119 cm³/mol. The van der Waals surface area contributed by atoms with Gasteiger partial charge in [0.05, 0.1) is 13.2 Å². The lowest BCUT2D eigenvalue weighted by atomic mass is 9.87. The number of hydrogen-bond acceptors (Lipinski definition) is 4. The van der Waals surface area contributed by atoms with E-state index in [9.17, 15) is 0 Å². The fourth-order valence-electron chi connectivity index (χ4n) is 4.31. The number of thiophene rings is 1. The molecule has 0 amide bonds. The number of guanidine groups is 1. The van der Waals surface area contributed by atoms with Crippen molar-refractivity contribution in [2.75, 3.05) is 52.5 Å². The lowest BCUT2D eigenvalue weighted by Gasteiger charge is -2.27. The molecule has 1 atom stereocenters. The average Bonchev–Trinajstić information content (AvgIpc) is 3.36. The zero-order valence-electron chi connectivity index (χ0n) is 15.7. The lowest BCUT2D eigenvalue weighted by molar-refractivity contribution is 0.156. The first-order valence-corrected chi connectivity index (χ1v) is 10.5. The van der Waals surface area contributed by atoms with Crippen molar-refractivity contribution in [1.82, 2.24) is 15.1 Å². The largest absolute Gasteiger partial charge is 0.381 e. The van der Waals surface area contributed by atoms with E-state index in [4.69, 9.17) is 9.73 Å². The second-order valence-electron chi connectivity index (χ2n) is 7.60. The summed E-state index contributed by atoms with van der Waals surface area (Å²) in [7, 11) is 0. The van der Waals surface area contributed by atoms with Crippen LogP contribution in [0.5, 0.6) is 0 Å². The highest BCUT2D eigenvalue weighted by molar-refractivity contribution is 14.0. The number of rotatable bonds is 4. The maximum absolute atomic E-state index is 5.66. The summed E-state index contributed by atoms with van der Waals surface area (Å²) in [6.45, 7) is 11.3. The summed E-state index contributed by atoms with van der Waals surface area (Å²) < 4.78 is 5.66. The molecule has 7 heteroatoms. The summed E-state index contributed by atoms with van der Waals surface area (Å²) in [4.78, 5) is 11.5. The monoisotopic (exact) mass is 490 g/mol. The van der Waals surface area contributed by atoms with Crippen LogP contribution in [0.1, 0.15) is 30.2 Å². The van der Waals surface area contributed by atoms with Crippen molar-refractivity contribution < 1.29 is 4.74 Å². The minimum absolute atomic E-state index is 0. The maximum atomic E-state index is 5.66. The first-order chi connectivity index (χ1) is 12.3. The zero-order chi connectivity index (χ0) is 17.1. The van der Waals surface area contributed by atoms with E-state index in [1.54, 1.807) is 4.88 Å². The topological polar surface area (TPSA) is 40.1 Å². The minimum Gasteiger partial charge on any atom is -0.381 e. The van der Waals surface area contributed by atoms with E-state index in [0.717, 1.165) is 58.4 Å². The fourth-order valence-corrected chi connectivity index (χ4v) is 5.20. The number of fused-ring (bicyclic) bond motifs is 1. The quantitative estimate of drug-likeness (QED) is 0.401. The zero-order valence-corrected chi connectivity index (χ0v) is 18.9. The van der Waals surface area contributed by atoms with Gasteiger partial charge in [-0.05, 0) is 43.2 Å². The summed E-state index contributed by atoms with van der Waals surface area (Å²) in [5.41, 5.74) is 1.91. The van der Waals surface area contributed by atoms with Crippen molar-refractivity contribution >= 4 is 41.3 Å². The second kappa shape index (κ2) is 9.21. The highest BCUT2D eigenvalue weighted by Gasteiger charge is 2.42. The van der Waals surface area contributed by atoms with Gasteiger partial charge in [-0.1, -0.05) is 0 Å². The van der Waals surface area contributed by atoms with E-state index in [2.05, 4.69) is 33.5 Å². The van der Waals surface area contributed by atoms with Crippen molar-refractivity contribution in [3.63, 3.8) is 0 Å². The number of ether oxygens (including phenoxy) is 1. The van der Waals surface area contributed by atoms with Gasteiger partial charge in [0, 0.05) is 56.2 Å².